The molecule has 0 aliphatic heterocycles. The average molecular weight is 315 g/mol. The molecule has 0 bridgehead atoms. The van der Waals surface area contributed by atoms with Gasteiger partial charge in [-0.15, -0.1) is 0 Å². The van der Waals surface area contributed by atoms with E-state index in [1.807, 2.05) is 0 Å². The van der Waals surface area contributed by atoms with Gasteiger partial charge in [-0.25, -0.2) is 4.39 Å². The molecule has 1 N–H and O–H groups in total. The second-order valence-corrected chi connectivity index (χ2v) is 5.30. The summed E-state index contributed by atoms with van der Waals surface area (Å²) < 4.78 is 19.0. The van der Waals surface area contributed by atoms with E-state index >= 15 is 0 Å². The number of halogens is 1. The van der Waals surface area contributed by atoms with E-state index in [1.54, 1.807) is 50.2 Å². The summed E-state index contributed by atoms with van der Waals surface area (Å²) >= 11 is 0. The Hall–Kier alpha value is -2.69. The van der Waals surface area contributed by atoms with Crippen LogP contribution < -0.4 is 10.1 Å². The van der Waals surface area contributed by atoms with E-state index in [2.05, 4.69) is 5.32 Å². The van der Waals surface area contributed by atoms with Crippen LogP contribution in [0.2, 0.25) is 0 Å². The first-order valence-electron chi connectivity index (χ1n) is 7.21. The molecule has 0 aliphatic carbocycles. The van der Waals surface area contributed by atoms with Gasteiger partial charge in [0.1, 0.15) is 11.6 Å². The van der Waals surface area contributed by atoms with Gasteiger partial charge in [-0.2, -0.15) is 0 Å². The number of rotatable bonds is 5. The minimum Gasteiger partial charge on any atom is -0.481 e. The standard InChI is InChI=1S/C18H18FNO3/c1-11-7-8-15(10-17(11)19)20-18(22)13(3)23-16-6-4-5-14(9-16)12(2)21/h4-10,13H,1-3H3,(H,20,22). The Kier molecular flexibility index (Phi) is 5.11. The maximum Gasteiger partial charge on any atom is 0.265 e. The predicted octanol–water partition coefficient (Wildman–Crippen LogP) is 3.74. The zero-order valence-corrected chi connectivity index (χ0v) is 13.2. The zero-order valence-electron chi connectivity index (χ0n) is 13.2. The van der Waals surface area contributed by atoms with Crippen molar-refractivity contribution in [3.05, 3.63) is 59.4 Å². The molecule has 1 amide bonds. The number of nitrogens with one attached hydrogen (secondary N) is 1. The average Bonchev–Trinajstić information content (AvgIpc) is 2.51. The van der Waals surface area contributed by atoms with Gasteiger partial charge in [0.2, 0.25) is 0 Å². The highest BCUT2D eigenvalue weighted by Crippen LogP contribution is 2.17. The van der Waals surface area contributed by atoms with Crippen LogP contribution in [0.4, 0.5) is 10.1 Å². The fourth-order valence-electron chi connectivity index (χ4n) is 1.96. The third kappa shape index (κ3) is 4.39. The summed E-state index contributed by atoms with van der Waals surface area (Å²) in [5.74, 6) is -0.440. The van der Waals surface area contributed by atoms with Crippen LogP contribution in [0.3, 0.4) is 0 Å². The molecule has 0 spiro atoms. The molecule has 23 heavy (non-hydrogen) atoms. The lowest BCUT2D eigenvalue weighted by Crippen LogP contribution is -2.30. The monoisotopic (exact) mass is 315 g/mol. The highest BCUT2D eigenvalue weighted by molar-refractivity contribution is 5.95. The van der Waals surface area contributed by atoms with E-state index in [1.165, 1.54) is 13.0 Å². The van der Waals surface area contributed by atoms with E-state index in [4.69, 9.17) is 4.74 Å². The summed E-state index contributed by atoms with van der Waals surface area (Å²) in [7, 11) is 0. The summed E-state index contributed by atoms with van der Waals surface area (Å²) in [6, 6.07) is 11.1. The molecule has 0 radical (unpaired) electrons. The number of amides is 1. The lowest BCUT2D eigenvalue weighted by Gasteiger charge is -2.15. The molecular weight excluding hydrogens is 297 g/mol. The molecule has 0 aromatic heterocycles. The summed E-state index contributed by atoms with van der Waals surface area (Å²) in [6.07, 6.45) is -0.790. The molecule has 120 valence electrons. The number of Topliss-reactive ketones (excluding diaryl/α,β-unsaturated/α-hetero) is 1. The smallest absolute Gasteiger partial charge is 0.265 e. The second-order valence-electron chi connectivity index (χ2n) is 5.30. The van der Waals surface area contributed by atoms with Gasteiger partial charge in [0.05, 0.1) is 0 Å². The maximum absolute atomic E-state index is 13.5. The molecule has 2 rings (SSSR count). The van der Waals surface area contributed by atoms with Gasteiger partial charge in [0, 0.05) is 11.3 Å². The summed E-state index contributed by atoms with van der Waals surface area (Å²) in [5.41, 5.74) is 1.38. The Balaban J connectivity index is 2.03. The topological polar surface area (TPSA) is 55.4 Å². The number of ketones is 1. The molecule has 1 atom stereocenters. The Morgan fingerprint density at radius 1 is 1.17 bits per heavy atom. The highest BCUT2D eigenvalue weighted by Gasteiger charge is 2.16. The van der Waals surface area contributed by atoms with Gasteiger partial charge < -0.3 is 10.1 Å². The number of anilines is 1. The largest absolute Gasteiger partial charge is 0.481 e. The lowest BCUT2D eigenvalue weighted by atomic mass is 10.1. The molecule has 1 unspecified atom stereocenters. The fraction of sp³-hybridized carbons (Fsp3) is 0.222. The van der Waals surface area contributed by atoms with E-state index in [0.29, 0.717) is 22.6 Å². The first-order valence-corrected chi connectivity index (χ1v) is 7.21. The van der Waals surface area contributed by atoms with Crippen molar-refractivity contribution in [1.82, 2.24) is 0 Å². The third-order valence-electron chi connectivity index (χ3n) is 3.36. The van der Waals surface area contributed by atoms with Gasteiger partial charge in [-0.1, -0.05) is 18.2 Å². The summed E-state index contributed by atoms with van der Waals surface area (Å²) in [4.78, 5) is 23.5. The van der Waals surface area contributed by atoms with Crippen molar-refractivity contribution < 1.29 is 18.7 Å². The molecule has 0 heterocycles. The van der Waals surface area contributed by atoms with Gasteiger partial charge >= 0.3 is 0 Å². The van der Waals surface area contributed by atoms with Crippen molar-refractivity contribution in [1.29, 1.82) is 0 Å². The van der Waals surface area contributed by atoms with Gasteiger partial charge in [-0.05, 0) is 50.6 Å². The van der Waals surface area contributed by atoms with E-state index in [0.717, 1.165) is 0 Å². The van der Waals surface area contributed by atoms with Crippen molar-refractivity contribution in [2.45, 2.75) is 26.9 Å². The minimum absolute atomic E-state index is 0.0808. The lowest BCUT2D eigenvalue weighted by molar-refractivity contribution is -0.122. The number of benzene rings is 2. The summed E-state index contributed by atoms with van der Waals surface area (Å²) in [5, 5.41) is 2.60. The van der Waals surface area contributed by atoms with Crippen molar-refractivity contribution in [2.24, 2.45) is 0 Å². The number of carbonyl (C=O) groups excluding carboxylic acids is 2. The molecule has 4 nitrogen and oxygen atoms in total. The number of aryl methyl sites for hydroxylation is 1. The van der Waals surface area contributed by atoms with E-state index in [-0.39, 0.29) is 11.6 Å². The van der Waals surface area contributed by atoms with Crippen LogP contribution in [0.1, 0.15) is 29.8 Å². The Morgan fingerprint density at radius 2 is 1.91 bits per heavy atom. The van der Waals surface area contributed by atoms with Crippen LogP contribution in [-0.2, 0) is 4.79 Å². The number of hydrogen-bond donors (Lipinski definition) is 1. The van der Waals surface area contributed by atoms with Crippen molar-refractivity contribution in [2.75, 3.05) is 5.32 Å². The number of hydrogen-bond acceptors (Lipinski definition) is 3. The first kappa shape index (κ1) is 16.7. The summed E-state index contributed by atoms with van der Waals surface area (Å²) in [6.45, 7) is 4.69. The van der Waals surface area contributed by atoms with Crippen LogP contribution in [0.25, 0.3) is 0 Å². The van der Waals surface area contributed by atoms with E-state index < -0.39 is 12.0 Å². The predicted molar refractivity (Wildman–Crippen MR) is 86.3 cm³/mol. The number of ether oxygens (including phenoxy) is 1. The van der Waals surface area contributed by atoms with Crippen molar-refractivity contribution >= 4 is 17.4 Å². The second kappa shape index (κ2) is 7.05. The van der Waals surface area contributed by atoms with E-state index in [9.17, 15) is 14.0 Å². The molecule has 0 fully saturated rings. The Morgan fingerprint density at radius 3 is 2.57 bits per heavy atom. The molecule has 2 aromatic carbocycles. The maximum atomic E-state index is 13.5. The zero-order chi connectivity index (χ0) is 17.0. The SMILES string of the molecule is CC(=O)c1cccc(OC(C)C(=O)Nc2ccc(C)c(F)c2)c1. The molecular formula is C18H18FNO3. The third-order valence-corrected chi connectivity index (χ3v) is 3.36. The normalized spacial score (nSPS) is 11.7. The molecule has 0 saturated carbocycles. The van der Waals surface area contributed by atoms with Crippen LogP contribution in [0.5, 0.6) is 5.75 Å². The van der Waals surface area contributed by atoms with Crippen LogP contribution in [0, 0.1) is 12.7 Å². The Labute approximate surface area is 134 Å². The Bertz CT molecular complexity index is 743. The molecule has 2 aromatic rings. The molecule has 5 heteroatoms. The van der Waals surface area contributed by atoms with Gasteiger partial charge in [0.15, 0.2) is 11.9 Å². The van der Waals surface area contributed by atoms with Crippen molar-refractivity contribution in [3.63, 3.8) is 0 Å². The van der Waals surface area contributed by atoms with Crippen LogP contribution in [-0.4, -0.2) is 17.8 Å². The van der Waals surface area contributed by atoms with Gasteiger partial charge in [0.25, 0.3) is 5.91 Å². The van der Waals surface area contributed by atoms with Crippen LogP contribution >= 0.6 is 0 Å². The first-order chi connectivity index (χ1) is 10.9. The quantitative estimate of drug-likeness (QED) is 0.855. The highest BCUT2D eigenvalue weighted by atomic mass is 19.1. The molecule has 0 saturated heterocycles. The fourth-order valence-corrected chi connectivity index (χ4v) is 1.96. The van der Waals surface area contributed by atoms with Crippen LogP contribution in [0.15, 0.2) is 42.5 Å². The number of carbonyl (C=O) groups is 2. The van der Waals surface area contributed by atoms with Crippen molar-refractivity contribution in [3.8, 4) is 5.75 Å². The minimum atomic E-state index is -0.790. The molecule has 0 aliphatic rings. The van der Waals surface area contributed by atoms with Gasteiger partial charge in [-0.3, -0.25) is 9.59 Å².